The zero-order valence-electron chi connectivity index (χ0n) is 8.20. The summed E-state index contributed by atoms with van der Waals surface area (Å²) in [5.41, 5.74) is 1.06. The van der Waals surface area contributed by atoms with Crippen molar-refractivity contribution >= 4 is 39.3 Å². The molecule has 1 atom stereocenters. The number of hydrogen-bond donors (Lipinski definition) is 0. The fourth-order valence-corrected chi connectivity index (χ4v) is 2.54. The summed E-state index contributed by atoms with van der Waals surface area (Å²) in [6, 6.07) is 1.94. The van der Waals surface area contributed by atoms with Crippen molar-refractivity contribution in [3.05, 3.63) is 22.3 Å². The minimum absolute atomic E-state index is 0.0343. The van der Waals surface area contributed by atoms with Gasteiger partial charge in [-0.05, 0) is 34.5 Å². The van der Waals surface area contributed by atoms with E-state index in [1.165, 1.54) is 0 Å². The molecule has 2 rings (SSSR count). The molecule has 3 nitrogen and oxygen atoms in total. The van der Waals surface area contributed by atoms with Crippen LogP contribution in [0.15, 0.2) is 16.7 Å². The first-order valence-corrected chi connectivity index (χ1v) is 5.87. The van der Waals surface area contributed by atoms with Crippen LogP contribution < -0.4 is 4.90 Å². The predicted octanol–water partition coefficient (Wildman–Crippen LogP) is 2.50. The van der Waals surface area contributed by atoms with E-state index in [4.69, 9.17) is 11.6 Å². The van der Waals surface area contributed by atoms with Crippen LogP contribution in [-0.4, -0.2) is 22.8 Å². The number of halogens is 2. The molecule has 80 valence electrons. The number of alkyl halides is 1. The average Bonchev–Trinajstić information content (AvgIpc) is 2.45. The summed E-state index contributed by atoms with van der Waals surface area (Å²) in [5, 5.41) is -0.104. The number of rotatable bonds is 1. The summed E-state index contributed by atoms with van der Waals surface area (Å²) in [4.78, 5) is 17.5. The van der Waals surface area contributed by atoms with Gasteiger partial charge in [0, 0.05) is 19.2 Å². The molecule has 15 heavy (non-hydrogen) atoms. The van der Waals surface area contributed by atoms with Gasteiger partial charge >= 0.3 is 0 Å². The van der Waals surface area contributed by atoms with Crippen LogP contribution >= 0.6 is 27.5 Å². The predicted molar refractivity (Wildman–Crippen MR) is 63.3 cm³/mol. The van der Waals surface area contributed by atoms with Crippen molar-refractivity contribution in [3.8, 4) is 0 Å². The van der Waals surface area contributed by atoms with Crippen LogP contribution in [0.3, 0.4) is 0 Å². The lowest BCUT2D eigenvalue weighted by Crippen LogP contribution is -2.26. The number of aromatic nitrogens is 1. The third-order valence-corrected chi connectivity index (χ3v) is 3.17. The summed E-state index contributed by atoms with van der Waals surface area (Å²) < 4.78 is 0.835. The van der Waals surface area contributed by atoms with Gasteiger partial charge in [-0.25, -0.2) is 4.98 Å². The second-order valence-corrected chi connectivity index (χ2v) is 5.10. The van der Waals surface area contributed by atoms with Crippen LogP contribution in [0.5, 0.6) is 0 Å². The van der Waals surface area contributed by atoms with Gasteiger partial charge in [0.25, 0.3) is 0 Å². The molecule has 1 amide bonds. The minimum atomic E-state index is -0.104. The normalized spacial score (nSPS) is 21.1. The summed E-state index contributed by atoms with van der Waals surface area (Å²) in [5.74, 6) is 0.695. The van der Waals surface area contributed by atoms with Crippen molar-refractivity contribution in [2.24, 2.45) is 0 Å². The first-order valence-electron chi connectivity index (χ1n) is 4.64. The van der Waals surface area contributed by atoms with Crippen molar-refractivity contribution in [3.63, 3.8) is 0 Å². The van der Waals surface area contributed by atoms with Crippen LogP contribution in [0.25, 0.3) is 0 Å². The van der Waals surface area contributed by atoms with Crippen LogP contribution in [0.1, 0.15) is 12.0 Å². The molecule has 1 aliphatic rings. The molecule has 1 aromatic rings. The second-order valence-electron chi connectivity index (χ2n) is 3.62. The van der Waals surface area contributed by atoms with E-state index >= 15 is 0 Å². The molecule has 0 aromatic carbocycles. The Morgan fingerprint density at radius 2 is 2.40 bits per heavy atom. The highest BCUT2D eigenvalue weighted by molar-refractivity contribution is 9.10. The average molecular weight is 290 g/mol. The molecule has 0 aliphatic carbocycles. The maximum atomic E-state index is 11.6. The molecule has 1 unspecified atom stereocenters. The highest BCUT2D eigenvalue weighted by atomic mass is 79.9. The van der Waals surface area contributed by atoms with E-state index in [0.29, 0.717) is 18.8 Å². The van der Waals surface area contributed by atoms with E-state index in [1.807, 2.05) is 13.0 Å². The first kappa shape index (κ1) is 10.9. The van der Waals surface area contributed by atoms with Gasteiger partial charge in [-0.3, -0.25) is 9.69 Å². The number of nitrogens with zero attached hydrogens (tertiary/aromatic N) is 2. The topological polar surface area (TPSA) is 33.2 Å². The monoisotopic (exact) mass is 288 g/mol. The van der Waals surface area contributed by atoms with Gasteiger partial charge in [-0.2, -0.15) is 0 Å². The Hall–Kier alpha value is -0.610. The molecule has 1 saturated heterocycles. The number of anilines is 1. The fourth-order valence-electron chi connectivity index (χ4n) is 1.59. The molecular weight excluding hydrogens is 279 g/mol. The van der Waals surface area contributed by atoms with Crippen molar-refractivity contribution < 1.29 is 4.79 Å². The number of carbonyl (C=O) groups is 1. The number of amides is 1. The van der Waals surface area contributed by atoms with E-state index in [9.17, 15) is 4.79 Å². The highest BCUT2D eigenvalue weighted by Gasteiger charge is 2.30. The Kier molecular flexibility index (Phi) is 2.98. The van der Waals surface area contributed by atoms with Crippen LogP contribution in [0, 0.1) is 6.92 Å². The van der Waals surface area contributed by atoms with Crippen molar-refractivity contribution in [2.75, 3.05) is 11.4 Å². The number of aryl methyl sites for hydroxylation is 1. The first-order chi connectivity index (χ1) is 7.08. The zero-order chi connectivity index (χ0) is 11.0. The van der Waals surface area contributed by atoms with Crippen molar-refractivity contribution in [1.82, 2.24) is 4.98 Å². The molecule has 0 N–H and O–H groups in total. The standard InChI is InChI=1S/C10H10BrClN2O/c1-6-2-8(11)10(13-4-6)14-5-7(12)3-9(14)15/h2,4,7H,3,5H2,1H3. The molecule has 0 bridgehead atoms. The molecule has 1 aliphatic heterocycles. The van der Waals surface area contributed by atoms with Crippen molar-refractivity contribution in [1.29, 1.82) is 0 Å². The number of hydrogen-bond acceptors (Lipinski definition) is 2. The molecular formula is C10H10BrClN2O. The number of pyridine rings is 1. The Morgan fingerprint density at radius 1 is 1.67 bits per heavy atom. The maximum absolute atomic E-state index is 11.6. The van der Waals surface area contributed by atoms with Crippen LogP contribution in [-0.2, 0) is 4.79 Å². The maximum Gasteiger partial charge on any atom is 0.229 e. The van der Waals surface area contributed by atoms with E-state index in [-0.39, 0.29) is 11.3 Å². The molecule has 0 spiro atoms. The van der Waals surface area contributed by atoms with Gasteiger partial charge in [-0.1, -0.05) is 0 Å². The smallest absolute Gasteiger partial charge is 0.229 e. The van der Waals surface area contributed by atoms with Gasteiger partial charge in [0.15, 0.2) is 0 Å². The summed E-state index contributed by atoms with van der Waals surface area (Å²) >= 11 is 9.33. The Bertz CT molecular complexity index is 410. The van der Waals surface area contributed by atoms with E-state index in [2.05, 4.69) is 20.9 Å². The summed E-state index contributed by atoms with van der Waals surface area (Å²) in [6.07, 6.45) is 2.14. The van der Waals surface area contributed by atoms with Gasteiger partial charge in [0.1, 0.15) is 5.82 Å². The molecule has 1 aromatic heterocycles. The lowest BCUT2D eigenvalue weighted by Gasteiger charge is -2.16. The summed E-state index contributed by atoms with van der Waals surface area (Å²) in [7, 11) is 0. The number of carbonyl (C=O) groups excluding carboxylic acids is 1. The van der Waals surface area contributed by atoms with E-state index < -0.39 is 0 Å². The minimum Gasteiger partial charge on any atom is -0.294 e. The molecule has 1 fully saturated rings. The van der Waals surface area contributed by atoms with Gasteiger partial charge in [0.05, 0.1) is 9.85 Å². The zero-order valence-corrected chi connectivity index (χ0v) is 10.5. The van der Waals surface area contributed by atoms with Crippen LogP contribution in [0.4, 0.5) is 5.82 Å². The largest absolute Gasteiger partial charge is 0.294 e. The Balaban J connectivity index is 2.34. The molecule has 5 heteroatoms. The Morgan fingerprint density at radius 3 is 2.93 bits per heavy atom. The summed E-state index contributed by atoms with van der Waals surface area (Å²) in [6.45, 7) is 2.49. The molecule has 2 heterocycles. The second kappa shape index (κ2) is 4.10. The van der Waals surface area contributed by atoms with E-state index in [0.717, 1.165) is 10.0 Å². The third-order valence-electron chi connectivity index (χ3n) is 2.29. The lowest BCUT2D eigenvalue weighted by atomic mass is 10.3. The van der Waals surface area contributed by atoms with Crippen molar-refractivity contribution in [2.45, 2.75) is 18.7 Å². The highest BCUT2D eigenvalue weighted by Crippen LogP contribution is 2.29. The van der Waals surface area contributed by atoms with Gasteiger partial charge < -0.3 is 0 Å². The van der Waals surface area contributed by atoms with Gasteiger partial charge in [0.2, 0.25) is 5.91 Å². The molecule has 0 radical (unpaired) electrons. The van der Waals surface area contributed by atoms with Gasteiger partial charge in [-0.15, -0.1) is 11.6 Å². The van der Waals surface area contributed by atoms with Crippen LogP contribution in [0.2, 0.25) is 0 Å². The quantitative estimate of drug-likeness (QED) is 0.744. The fraction of sp³-hybridized carbons (Fsp3) is 0.400. The Labute approximate surface area is 102 Å². The lowest BCUT2D eigenvalue weighted by molar-refractivity contribution is -0.117. The SMILES string of the molecule is Cc1cnc(N2CC(Cl)CC2=O)c(Br)c1. The molecule has 0 saturated carbocycles. The third kappa shape index (κ3) is 2.16. The van der Waals surface area contributed by atoms with E-state index in [1.54, 1.807) is 11.1 Å².